The fourth-order valence-corrected chi connectivity index (χ4v) is 2.93. The molecule has 5 nitrogen and oxygen atoms in total. The van der Waals surface area contributed by atoms with Gasteiger partial charge in [0.1, 0.15) is 0 Å². The van der Waals surface area contributed by atoms with Crippen molar-refractivity contribution in [1.29, 1.82) is 0 Å². The molecule has 0 unspecified atom stereocenters. The molecule has 2 rings (SSSR count). The molecule has 1 aliphatic heterocycles. The van der Waals surface area contributed by atoms with Gasteiger partial charge in [-0.2, -0.15) is 0 Å². The van der Waals surface area contributed by atoms with Crippen LogP contribution in [-0.4, -0.2) is 54.2 Å². The standard InChI is InChI=1S/C11H17N3O2S/c1-13(2)8-3-5-14(6-4-8)11-12-9(7-17-11)10(15)16/h7-8H,3-6H2,1-2H3,(H,15,16). The van der Waals surface area contributed by atoms with E-state index in [-0.39, 0.29) is 5.69 Å². The van der Waals surface area contributed by atoms with Gasteiger partial charge in [-0.25, -0.2) is 9.78 Å². The summed E-state index contributed by atoms with van der Waals surface area (Å²) in [5, 5.41) is 11.3. The second kappa shape index (κ2) is 5.01. The Bertz CT molecular complexity index is 397. The monoisotopic (exact) mass is 255 g/mol. The van der Waals surface area contributed by atoms with Crippen LogP contribution in [0.15, 0.2) is 5.38 Å². The first kappa shape index (κ1) is 12.3. The van der Waals surface area contributed by atoms with Crippen LogP contribution in [0.25, 0.3) is 0 Å². The largest absolute Gasteiger partial charge is 0.476 e. The summed E-state index contributed by atoms with van der Waals surface area (Å²) in [6.45, 7) is 1.91. The van der Waals surface area contributed by atoms with Crippen molar-refractivity contribution in [1.82, 2.24) is 9.88 Å². The zero-order chi connectivity index (χ0) is 12.4. The van der Waals surface area contributed by atoms with E-state index in [2.05, 4.69) is 28.9 Å². The van der Waals surface area contributed by atoms with Crippen molar-refractivity contribution in [2.75, 3.05) is 32.1 Å². The first-order chi connectivity index (χ1) is 8.08. The molecular formula is C11H17N3O2S. The van der Waals surface area contributed by atoms with Crippen molar-refractivity contribution in [2.45, 2.75) is 18.9 Å². The maximum absolute atomic E-state index is 10.8. The number of thiazole rings is 1. The van der Waals surface area contributed by atoms with Gasteiger partial charge < -0.3 is 14.9 Å². The van der Waals surface area contributed by atoms with Crippen LogP contribution in [0.5, 0.6) is 0 Å². The second-order valence-electron chi connectivity index (χ2n) is 4.50. The third-order valence-electron chi connectivity index (χ3n) is 3.18. The molecule has 1 aromatic heterocycles. The van der Waals surface area contributed by atoms with Crippen LogP contribution in [-0.2, 0) is 0 Å². The normalized spacial score (nSPS) is 17.7. The summed E-state index contributed by atoms with van der Waals surface area (Å²) in [7, 11) is 4.21. The van der Waals surface area contributed by atoms with E-state index >= 15 is 0 Å². The van der Waals surface area contributed by atoms with Crippen LogP contribution >= 0.6 is 11.3 Å². The molecule has 0 radical (unpaired) electrons. The zero-order valence-electron chi connectivity index (χ0n) is 10.1. The summed E-state index contributed by atoms with van der Waals surface area (Å²) in [5.74, 6) is -0.948. The predicted octanol–water partition coefficient (Wildman–Crippen LogP) is 1.37. The first-order valence-electron chi connectivity index (χ1n) is 5.68. The minimum Gasteiger partial charge on any atom is -0.476 e. The number of aromatic nitrogens is 1. The molecule has 0 bridgehead atoms. The highest BCUT2D eigenvalue weighted by molar-refractivity contribution is 7.13. The third-order valence-corrected chi connectivity index (χ3v) is 4.08. The highest BCUT2D eigenvalue weighted by atomic mass is 32.1. The molecule has 0 spiro atoms. The average molecular weight is 255 g/mol. The summed E-state index contributed by atoms with van der Waals surface area (Å²) in [6.07, 6.45) is 2.21. The molecule has 0 aromatic carbocycles. The van der Waals surface area contributed by atoms with Crippen molar-refractivity contribution in [3.8, 4) is 0 Å². The molecular weight excluding hydrogens is 238 g/mol. The molecule has 1 aromatic rings. The lowest BCUT2D eigenvalue weighted by molar-refractivity contribution is 0.0691. The lowest BCUT2D eigenvalue weighted by Crippen LogP contribution is -2.41. The molecule has 0 aliphatic carbocycles. The second-order valence-corrected chi connectivity index (χ2v) is 5.34. The number of anilines is 1. The Hall–Kier alpha value is -1.14. The van der Waals surface area contributed by atoms with Gasteiger partial charge in [-0.15, -0.1) is 11.3 Å². The Morgan fingerprint density at radius 2 is 2.18 bits per heavy atom. The van der Waals surface area contributed by atoms with Crippen molar-refractivity contribution >= 4 is 22.4 Å². The topological polar surface area (TPSA) is 56.7 Å². The van der Waals surface area contributed by atoms with Crippen LogP contribution in [0, 0.1) is 0 Å². The fourth-order valence-electron chi connectivity index (χ4n) is 2.08. The molecule has 1 N–H and O–H groups in total. The van der Waals surface area contributed by atoms with Crippen LogP contribution in [0.1, 0.15) is 23.3 Å². The Labute approximate surface area is 105 Å². The summed E-state index contributed by atoms with van der Waals surface area (Å²) < 4.78 is 0. The van der Waals surface area contributed by atoms with E-state index in [1.807, 2.05) is 0 Å². The number of aromatic carboxylic acids is 1. The summed E-state index contributed by atoms with van der Waals surface area (Å²) in [6, 6.07) is 0.630. The van der Waals surface area contributed by atoms with E-state index in [9.17, 15) is 4.79 Å². The summed E-state index contributed by atoms with van der Waals surface area (Å²) >= 11 is 1.41. The lowest BCUT2D eigenvalue weighted by Gasteiger charge is -2.34. The first-order valence-corrected chi connectivity index (χ1v) is 6.56. The number of hydrogen-bond donors (Lipinski definition) is 1. The maximum Gasteiger partial charge on any atom is 0.355 e. The number of hydrogen-bond acceptors (Lipinski definition) is 5. The summed E-state index contributed by atoms with van der Waals surface area (Å²) in [4.78, 5) is 19.3. The molecule has 1 saturated heterocycles. The molecule has 0 saturated carbocycles. The number of carbonyl (C=O) groups is 1. The van der Waals surface area contributed by atoms with Gasteiger partial charge in [0.25, 0.3) is 0 Å². The van der Waals surface area contributed by atoms with E-state index < -0.39 is 5.97 Å². The molecule has 1 fully saturated rings. The van der Waals surface area contributed by atoms with Gasteiger partial charge in [0.15, 0.2) is 10.8 Å². The van der Waals surface area contributed by atoms with E-state index in [4.69, 9.17) is 5.11 Å². The number of nitrogens with zero attached hydrogens (tertiary/aromatic N) is 3. The molecule has 6 heteroatoms. The number of rotatable bonds is 3. The number of carboxylic acids is 1. The Balaban J connectivity index is 1.98. The van der Waals surface area contributed by atoms with E-state index in [0.717, 1.165) is 31.1 Å². The van der Waals surface area contributed by atoms with Gasteiger partial charge in [-0.05, 0) is 26.9 Å². The predicted molar refractivity (Wildman–Crippen MR) is 68.0 cm³/mol. The molecule has 2 heterocycles. The van der Waals surface area contributed by atoms with Gasteiger partial charge in [-0.1, -0.05) is 0 Å². The maximum atomic E-state index is 10.8. The summed E-state index contributed by atoms with van der Waals surface area (Å²) in [5.41, 5.74) is 0.153. The van der Waals surface area contributed by atoms with Crippen LogP contribution in [0.4, 0.5) is 5.13 Å². The zero-order valence-corrected chi connectivity index (χ0v) is 10.9. The number of piperidine rings is 1. The van der Waals surface area contributed by atoms with Crippen molar-refractivity contribution in [3.63, 3.8) is 0 Å². The lowest BCUT2D eigenvalue weighted by atomic mass is 10.0. The van der Waals surface area contributed by atoms with Gasteiger partial charge in [-0.3, -0.25) is 0 Å². The van der Waals surface area contributed by atoms with Crippen LogP contribution < -0.4 is 4.90 Å². The SMILES string of the molecule is CN(C)C1CCN(c2nc(C(=O)O)cs2)CC1. The highest BCUT2D eigenvalue weighted by Gasteiger charge is 2.23. The molecule has 1 aliphatic rings. The Kier molecular flexibility index (Phi) is 3.63. The minimum atomic E-state index is -0.948. The Morgan fingerprint density at radius 1 is 1.53 bits per heavy atom. The molecule has 0 amide bonds. The van der Waals surface area contributed by atoms with Crippen LogP contribution in [0.2, 0.25) is 0 Å². The number of carboxylic acid groups (broad SMARTS) is 1. The van der Waals surface area contributed by atoms with Gasteiger partial charge in [0, 0.05) is 24.5 Å². The van der Waals surface area contributed by atoms with E-state index in [0.29, 0.717) is 6.04 Å². The van der Waals surface area contributed by atoms with Gasteiger partial charge in [0.05, 0.1) is 0 Å². The van der Waals surface area contributed by atoms with Crippen molar-refractivity contribution in [3.05, 3.63) is 11.1 Å². The smallest absolute Gasteiger partial charge is 0.355 e. The fraction of sp³-hybridized carbons (Fsp3) is 0.636. The van der Waals surface area contributed by atoms with Crippen molar-refractivity contribution in [2.24, 2.45) is 0 Å². The van der Waals surface area contributed by atoms with E-state index in [1.54, 1.807) is 5.38 Å². The van der Waals surface area contributed by atoms with E-state index in [1.165, 1.54) is 11.3 Å². The third kappa shape index (κ3) is 2.76. The van der Waals surface area contributed by atoms with Crippen LogP contribution in [0.3, 0.4) is 0 Å². The minimum absolute atomic E-state index is 0.153. The van der Waals surface area contributed by atoms with Gasteiger partial charge in [0.2, 0.25) is 0 Å². The van der Waals surface area contributed by atoms with Crippen molar-refractivity contribution < 1.29 is 9.90 Å². The highest BCUT2D eigenvalue weighted by Crippen LogP contribution is 2.25. The molecule has 0 atom stereocenters. The van der Waals surface area contributed by atoms with Gasteiger partial charge >= 0.3 is 5.97 Å². The molecule has 17 heavy (non-hydrogen) atoms. The Morgan fingerprint density at radius 3 is 2.65 bits per heavy atom. The quantitative estimate of drug-likeness (QED) is 0.884. The molecule has 94 valence electrons. The average Bonchev–Trinajstić information content (AvgIpc) is 2.78.